The van der Waals surface area contributed by atoms with Crippen LogP contribution in [-0.4, -0.2) is 0 Å². The average molecular weight is 150 g/mol. The third kappa shape index (κ3) is 1.67. The Morgan fingerprint density at radius 2 is 2.09 bits per heavy atom. The molecule has 0 aromatic heterocycles. The fourth-order valence-electron chi connectivity index (χ4n) is 0.789. The molecule has 4 nitrogen and oxygen atoms in total. The van der Waals surface area contributed by atoms with Crippen LogP contribution < -0.4 is 11.6 Å². The van der Waals surface area contributed by atoms with Crippen molar-refractivity contribution in [3.63, 3.8) is 0 Å². The fraction of sp³-hybridized carbons (Fsp3) is 0.143. The Morgan fingerprint density at radius 1 is 1.36 bits per heavy atom. The molecule has 0 fully saturated rings. The fourth-order valence-corrected chi connectivity index (χ4v) is 0.789. The Kier molecular flexibility index (Phi) is 2.06. The van der Waals surface area contributed by atoms with E-state index in [-0.39, 0.29) is 0 Å². The third-order valence-electron chi connectivity index (χ3n) is 1.43. The van der Waals surface area contributed by atoms with Crippen LogP contribution in [0.4, 0.5) is 11.4 Å². The van der Waals surface area contributed by atoms with Crippen molar-refractivity contribution in [1.29, 1.82) is 0 Å². The molecule has 1 aromatic carbocycles. The molecule has 0 radical (unpaired) electrons. The summed E-state index contributed by atoms with van der Waals surface area (Å²) >= 11 is 0. The number of anilines is 1. The quantitative estimate of drug-likeness (QED) is 0.275. The van der Waals surface area contributed by atoms with E-state index in [4.69, 9.17) is 11.6 Å². The summed E-state index contributed by atoms with van der Waals surface area (Å²) in [6, 6.07) is 5.36. The molecule has 4 heteroatoms. The van der Waals surface area contributed by atoms with Gasteiger partial charge in [0.1, 0.15) is 0 Å². The highest BCUT2D eigenvalue weighted by Crippen LogP contribution is 2.18. The van der Waals surface area contributed by atoms with E-state index in [1.165, 1.54) is 0 Å². The first kappa shape index (κ1) is 7.53. The highest BCUT2D eigenvalue weighted by molar-refractivity contribution is 5.53. The summed E-state index contributed by atoms with van der Waals surface area (Å²) in [4.78, 5) is 0. The largest absolute Gasteiger partial charge is 0.399 e. The zero-order chi connectivity index (χ0) is 8.27. The van der Waals surface area contributed by atoms with Gasteiger partial charge < -0.3 is 11.6 Å². The maximum absolute atomic E-state index is 5.58. The van der Waals surface area contributed by atoms with Gasteiger partial charge in [-0.05, 0) is 30.7 Å². The van der Waals surface area contributed by atoms with Crippen LogP contribution in [0.3, 0.4) is 0 Å². The normalized spacial score (nSPS) is 10.6. The van der Waals surface area contributed by atoms with E-state index in [0.717, 1.165) is 16.9 Å². The van der Waals surface area contributed by atoms with E-state index in [1.54, 1.807) is 12.1 Å². The topological polar surface area (TPSA) is 76.8 Å². The molecule has 4 N–H and O–H groups in total. The molecule has 58 valence electrons. The van der Waals surface area contributed by atoms with Crippen molar-refractivity contribution in [2.45, 2.75) is 6.92 Å². The second-order valence-electron chi connectivity index (χ2n) is 2.26. The van der Waals surface area contributed by atoms with Gasteiger partial charge in [0, 0.05) is 5.69 Å². The van der Waals surface area contributed by atoms with Crippen LogP contribution >= 0.6 is 0 Å². The van der Waals surface area contributed by atoms with Gasteiger partial charge in [-0.15, -0.1) is 5.11 Å². The van der Waals surface area contributed by atoms with Crippen molar-refractivity contribution in [3.05, 3.63) is 23.8 Å². The van der Waals surface area contributed by atoms with Crippen molar-refractivity contribution in [3.8, 4) is 0 Å². The van der Waals surface area contributed by atoms with E-state index < -0.39 is 0 Å². The molecule has 1 rings (SSSR count). The highest BCUT2D eigenvalue weighted by atomic mass is 15.3. The molecule has 11 heavy (non-hydrogen) atoms. The van der Waals surface area contributed by atoms with Gasteiger partial charge in [-0.25, -0.2) is 0 Å². The highest BCUT2D eigenvalue weighted by Gasteiger charge is 1.93. The Morgan fingerprint density at radius 3 is 2.64 bits per heavy atom. The SMILES string of the molecule is Cc1cc(N=NN)ccc1N. The Bertz CT molecular complexity index is 280. The van der Waals surface area contributed by atoms with E-state index in [9.17, 15) is 0 Å². The van der Waals surface area contributed by atoms with E-state index >= 15 is 0 Å². The molecule has 0 saturated carbocycles. The van der Waals surface area contributed by atoms with Crippen LogP contribution in [0, 0.1) is 6.92 Å². The van der Waals surface area contributed by atoms with E-state index in [1.807, 2.05) is 13.0 Å². The summed E-state index contributed by atoms with van der Waals surface area (Å²) in [5.74, 6) is 4.88. The molecule has 0 spiro atoms. The van der Waals surface area contributed by atoms with Gasteiger partial charge in [-0.2, -0.15) is 0 Å². The summed E-state index contributed by atoms with van der Waals surface area (Å²) in [5.41, 5.74) is 8.04. The molecule has 0 aliphatic heterocycles. The van der Waals surface area contributed by atoms with Gasteiger partial charge >= 0.3 is 0 Å². The number of nitrogens with zero attached hydrogens (tertiary/aromatic N) is 2. The first-order valence-electron chi connectivity index (χ1n) is 3.21. The van der Waals surface area contributed by atoms with Crippen molar-refractivity contribution in [1.82, 2.24) is 0 Å². The van der Waals surface area contributed by atoms with Crippen molar-refractivity contribution in [2.24, 2.45) is 16.2 Å². The minimum Gasteiger partial charge on any atom is -0.399 e. The molecular weight excluding hydrogens is 140 g/mol. The van der Waals surface area contributed by atoms with Gasteiger partial charge in [0.15, 0.2) is 0 Å². The molecule has 1 aromatic rings. The number of aryl methyl sites for hydroxylation is 1. The lowest BCUT2D eigenvalue weighted by atomic mass is 10.2. The van der Waals surface area contributed by atoms with Gasteiger partial charge in [0.05, 0.1) is 5.69 Å². The lowest BCUT2D eigenvalue weighted by Gasteiger charge is -1.98. The molecule has 0 amide bonds. The molecular formula is C7H10N4. The number of benzene rings is 1. The zero-order valence-electron chi connectivity index (χ0n) is 6.28. The first-order valence-corrected chi connectivity index (χ1v) is 3.21. The maximum atomic E-state index is 5.58. The second kappa shape index (κ2) is 3.01. The molecule has 0 saturated heterocycles. The van der Waals surface area contributed by atoms with Crippen LogP contribution in [-0.2, 0) is 0 Å². The Labute approximate surface area is 64.9 Å². The Balaban J connectivity index is 3.05. The van der Waals surface area contributed by atoms with Crippen molar-refractivity contribution in [2.75, 3.05) is 5.73 Å². The van der Waals surface area contributed by atoms with E-state index in [0.29, 0.717) is 0 Å². The van der Waals surface area contributed by atoms with Gasteiger partial charge in [0.25, 0.3) is 0 Å². The predicted molar refractivity (Wildman–Crippen MR) is 44.3 cm³/mol. The molecule has 0 heterocycles. The number of nitrogens with two attached hydrogens (primary N) is 2. The Hall–Kier alpha value is -1.58. The molecule has 0 aliphatic carbocycles. The van der Waals surface area contributed by atoms with Crippen LogP contribution in [0.5, 0.6) is 0 Å². The second-order valence-corrected chi connectivity index (χ2v) is 2.26. The summed E-state index contributed by atoms with van der Waals surface area (Å²) in [6.45, 7) is 1.91. The smallest absolute Gasteiger partial charge is 0.0878 e. The van der Waals surface area contributed by atoms with Gasteiger partial charge in [-0.3, -0.25) is 0 Å². The molecule has 0 bridgehead atoms. The average Bonchev–Trinajstić information content (AvgIpc) is 1.98. The van der Waals surface area contributed by atoms with Crippen LogP contribution in [0.15, 0.2) is 28.5 Å². The minimum absolute atomic E-state index is 0.721. The van der Waals surface area contributed by atoms with E-state index in [2.05, 4.69) is 10.3 Å². The van der Waals surface area contributed by atoms with Crippen LogP contribution in [0.2, 0.25) is 0 Å². The lowest BCUT2D eigenvalue weighted by Crippen LogP contribution is -1.87. The summed E-state index contributed by atoms with van der Waals surface area (Å²) in [7, 11) is 0. The third-order valence-corrected chi connectivity index (χ3v) is 1.43. The van der Waals surface area contributed by atoms with Gasteiger partial charge in [0.2, 0.25) is 0 Å². The summed E-state index contributed by atoms with van der Waals surface area (Å²) in [6.07, 6.45) is 0. The summed E-state index contributed by atoms with van der Waals surface area (Å²) in [5, 5.41) is 6.82. The number of rotatable bonds is 1. The van der Waals surface area contributed by atoms with Crippen molar-refractivity contribution >= 4 is 11.4 Å². The zero-order valence-corrected chi connectivity index (χ0v) is 6.28. The van der Waals surface area contributed by atoms with Gasteiger partial charge in [-0.1, -0.05) is 5.22 Å². The lowest BCUT2D eigenvalue weighted by molar-refractivity contribution is 1.06. The molecule has 0 atom stereocenters. The standard InChI is InChI=1S/C7H10N4/c1-5-4-6(10-11-9)2-3-7(5)8/h2-4H,8H2,1H3,(H2,9,10). The van der Waals surface area contributed by atoms with Crippen LogP contribution in [0.25, 0.3) is 0 Å². The maximum Gasteiger partial charge on any atom is 0.0878 e. The molecule has 0 aliphatic rings. The summed E-state index contributed by atoms with van der Waals surface area (Å²) < 4.78 is 0. The number of hydrogen-bond donors (Lipinski definition) is 2. The predicted octanol–water partition coefficient (Wildman–Crippen LogP) is 1.53. The molecule has 0 unspecified atom stereocenters. The monoisotopic (exact) mass is 150 g/mol. The van der Waals surface area contributed by atoms with Crippen molar-refractivity contribution < 1.29 is 0 Å². The first-order chi connectivity index (χ1) is 5.24. The van der Waals surface area contributed by atoms with Crippen LogP contribution in [0.1, 0.15) is 5.56 Å². The minimum atomic E-state index is 0.721. The number of nitrogen functional groups attached to an aromatic ring is 1. The number of hydrogen-bond acceptors (Lipinski definition) is 3.